The first-order valence-corrected chi connectivity index (χ1v) is 23.1. The maximum Gasteiger partial charge on any atom is 0.220 e. The highest BCUT2D eigenvalue weighted by molar-refractivity contribution is 7.20. The van der Waals surface area contributed by atoms with E-state index in [1.165, 1.54) is 6.55 Å². The molecule has 0 saturated carbocycles. The molecule has 9 aromatic rings. The molecule has 0 bridgehead atoms. The van der Waals surface area contributed by atoms with E-state index in [1.54, 1.807) is 36.4 Å². The van der Waals surface area contributed by atoms with Crippen LogP contribution in [0.15, 0.2) is 176 Å². The summed E-state index contributed by atoms with van der Waals surface area (Å²) in [6.45, 7) is -4.91. The van der Waals surface area contributed by atoms with Gasteiger partial charge in [-0.15, -0.1) is 0 Å². The lowest BCUT2D eigenvalue weighted by molar-refractivity contribution is 0.455. The summed E-state index contributed by atoms with van der Waals surface area (Å²) < 4.78 is 92.1. The zero-order valence-corrected chi connectivity index (χ0v) is 32.5. The second-order valence-corrected chi connectivity index (χ2v) is 21.1. The van der Waals surface area contributed by atoms with Crippen LogP contribution >= 0.6 is 0 Å². The Balaban J connectivity index is 1.36. The van der Waals surface area contributed by atoms with Crippen LogP contribution in [0.4, 0.5) is 0 Å². The van der Waals surface area contributed by atoms with Gasteiger partial charge in [-0.2, -0.15) is 0 Å². The average Bonchev–Trinajstić information content (AvgIpc) is 3.80. The molecule has 2 atom stereocenters. The van der Waals surface area contributed by atoms with Crippen molar-refractivity contribution in [1.82, 2.24) is 14.0 Å². The number of nitrogens with zero attached hydrogens (tertiary/aromatic N) is 3. The van der Waals surface area contributed by atoms with E-state index >= 15 is 0 Å². The van der Waals surface area contributed by atoms with Gasteiger partial charge in [0.05, 0.1) is 22.1 Å². The lowest BCUT2D eigenvalue weighted by atomic mass is 9.98. The van der Waals surface area contributed by atoms with E-state index in [0.717, 1.165) is 49.1 Å². The summed E-state index contributed by atoms with van der Waals surface area (Å²) in [6.07, 6.45) is 0. The predicted octanol–water partition coefficient (Wildman–Crippen LogP) is 7.40. The number of benzene rings is 7. The molecule has 7 heteroatoms. The Morgan fingerprint density at radius 1 is 0.685 bits per heavy atom. The molecule has 0 amide bonds. The van der Waals surface area contributed by atoms with Gasteiger partial charge in [-0.1, -0.05) is 153 Å². The minimum absolute atomic E-state index is 0.104. The smallest absolute Gasteiger partial charge is 0.220 e. The molecule has 0 fully saturated rings. The molecule has 0 N–H and O–H groups in total. The number of imidazole rings is 2. The molecule has 0 spiro atoms. The molecule has 54 heavy (non-hydrogen) atoms. The number of hydrogen-bond acceptors (Lipinski definition) is 2. The third kappa shape index (κ3) is 4.55. The molecule has 2 aromatic heterocycles. The fraction of sp³-hybridized carbons (Fsp3) is 0.0851. The molecule has 262 valence electrons. The Hall–Kier alpha value is -5.74. The number of hydrogen-bond donors (Lipinski definition) is 0. The number of fused-ring (bicyclic) bond motifs is 7. The Bertz CT molecular complexity index is 3160. The first-order chi connectivity index (χ1) is 30.1. The quantitative estimate of drug-likeness (QED) is 0.126. The highest BCUT2D eigenvalue weighted by Gasteiger charge is 2.49. The highest BCUT2D eigenvalue weighted by atomic mass is 28.3. The minimum atomic E-state index is -5.40. The monoisotopic (exact) mass is 756 g/mol. The van der Waals surface area contributed by atoms with Crippen LogP contribution in [-0.4, -0.2) is 43.8 Å². The fourth-order valence-electron chi connectivity index (χ4n) is 8.82. The van der Waals surface area contributed by atoms with E-state index in [9.17, 15) is 3.70 Å². The molecule has 0 aliphatic carbocycles. The van der Waals surface area contributed by atoms with Crippen LogP contribution in [0.5, 0.6) is 11.5 Å². The molecular weight excluding hydrogens is 707 g/mol. The summed E-state index contributed by atoms with van der Waals surface area (Å²) in [7, 11) is -13.9. The number of para-hydroxylation sites is 6. The fourth-order valence-corrected chi connectivity index (χ4v) is 16.4. The van der Waals surface area contributed by atoms with Crippen molar-refractivity contribution in [3.8, 4) is 17.2 Å². The Kier molecular flexibility index (Phi) is 5.77. The average molecular weight is 757 g/mol. The van der Waals surface area contributed by atoms with Crippen LogP contribution in [0.25, 0.3) is 33.5 Å². The second kappa shape index (κ2) is 12.7. The van der Waals surface area contributed by atoms with Crippen LogP contribution in [0, 0.1) is 0 Å². The summed E-state index contributed by atoms with van der Waals surface area (Å²) in [4.78, 5) is 5.16. The number of aromatic nitrogens is 3. The first-order valence-electron chi connectivity index (χ1n) is 22.6. The van der Waals surface area contributed by atoms with Crippen LogP contribution < -0.4 is 25.5 Å². The van der Waals surface area contributed by atoms with E-state index in [0.29, 0.717) is 5.19 Å². The van der Waals surface area contributed by atoms with Gasteiger partial charge in [0.2, 0.25) is 5.78 Å². The van der Waals surface area contributed by atoms with Crippen molar-refractivity contribution >= 4 is 74.8 Å². The van der Waals surface area contributed by atoms with E-state index in [2.05, 4.69) is 69.6 Å². The molecule has 0 radical (unpaired) electrons. The topological polar surface area (TPSA) is 31.5 Å². The Morgan fingerprint density at radius 3 is 2.07 bits per heavy atom. The number of rotatable bonds is 7. The summed E-state index contributed by atoms with van der Waals surface area (Å²) >= 11 is 0. The zero-order chi connectivity index (χ0) is 44.2. The molecule has 1 aliphatic rings. The van der Waals surface area contributed by atoms with Crippen molar-refractivity contribution in [2.24, 2.45) is 0 Å². The molecule has 2 unspecified atom stereocenters. The van der Waals surface area contributed by atoms with E-state index in [1.807, 2.05) is 78.9 Å². The van der Waals surface area contributed by atoms with Gasteiger partial charge < -0.3 is 4.74 Å². The normalized spacial score (nSPS) is 19.7. The zero-order valence-electron chi connectivity index (χ0n) is 38.5. The molecule has 3 heterocycles. The van der Waals surface area contributed by atoms with Crippen LogP contribution in [0.3, 0.4) is 0 Å². The van der Waals surface area contributed by atoms with Crippen molar-refractivity contribution < 1.29 is 13.0 Å². The predicted molar refractivity (Wildman–Crippen MR) is 234 cm³/mol. The van der Waals surface area contributed by atoms with Crippen molar-refractivity contribution in [1.29, 1.82) is 3.70 Å². The largest absolute Gasteiger partial charge is 0.457 e. The molecule has 7 aromatic carbocycles. The molecular formula is C47H41N3OSi3. The SMILES string of the molecule is [2H]C([2H])([2H])[Si]([2H])([2H])C1([Si]([2H])(C)C([2H])([2H])[2H])c2ccccc2Oc2c1cccc2[Si](c1ccccc1)(c1ccccc1)c1cccc(-n2c3ccccc3n3c4ccccc4nc23)c1. The molecule has 0 saturated heterocycles. The lowest BCUT2D eigenvalue weighted by Gasteiger charge is -2.45. The van der Waals surface area contributed by atoms with E-state index in [4.69, 9.17) is 17.9 Å². The summed E-state index contributed by atoms with van der Waals surface area (Å²) in [5.74, 6) is 1.09. The Morgan fingerprint density at radius 2 is 1.31 bits per heavy atom. The van der Waals surface area contributed by atoms with Gasteiger partial charge in [0, 0.05) is 40.4 Å². The van der Waals surface area contributed by atoms with Gasteiger partial charge in [0.1, 0.15) is 11.5 Å². The van der Waals surface area contributed by atoms with Gasteiger partial charge in [0.15, 0.2) is 8.07 Å². The maximum absolute atomic E-state index is 10.1. The third-order valence-electron chi connectivity index (χ3n) is 11.1. The molecule has 10 rings (SSSR count). The van der Waals surface area contributed by atoms with Crippen molar-refractivity contribution in [2.75, 3.05) is 0 Å². The van der Waals surface area contributed by atoms with Crippen LogP contribution in [0.2, 0.25) is 19.5 Å². The molecule has 1 aliphatic heterocycles. The lowest BCUT2D eigenvalue weighted by Crippen LogP contribution is -2.75. The van der Waals surface area contributed by atoms with E-state index in [-0.39, 0.29) is 22.6 Å². The summed E-state index contributed by atoms with van der Waals surface area (Å²) in [5.41, 5.74) is 4.85. The van der Waals surface area contributed by atoms with Crippen molar-refractivity contribution in [3.63, 3.8) is 0 Å². The van der Waals surface area contributed by atoms with Gasteiger partial charge in [-0.25, -0.2) is 4.98 Å². The van der Waals surface area contributed by atoms with Crippen molar-refractivity contribution in [3.05, 3.63) is 187 Å². The first kappa shape index (κ1) is 24.6. The van der Waals surface area contributed by atoms with Crippen LogP contribution in [0.1, 0.15) is 19.4 Å². The molecule has 4 nitrogen and oxygen atoms in total. The van der Waals surface area contributed by atoms with Gasteiger partial charge in [0.25, 0.3) is 0 Å². The number of ether oxygens (including phenoxy) is 1. The van der Waals surface area contributed by atoms with E-state index < -0.39 is 43.8 Å². The summed E-state index contributed by atoms with van der Waals surface area (Å²) in [6, 6.07) is 56.8. The van der Waals surface area contributed by atoms with Gasteiger partial charge in [-0.05, 0) is 74.3 Å². The highest BCUT2D eigenvalue weighted by Crippen LogP contribution is 2.48. The van der Waals surface area contributed by atoms with Crippen molar-refractivity contribution in [2.45, 2.75) is 24.2 Å². The van der Waals surface area contributed by atoms with Gasteiger partial charge >= 0.3 is 0 Å². The summed E-state index contributed by atoms with van der Waals surface area (Å²) in [5, 5.41) is 3.53. The standard InChI is InChI=1S/C47H41N3OSi3/c1-52-47(53(2)3)37-24-10-15-30-43(37)51-45-38(47)25-17-31-44(45)54(34-19-6-4-7-20-34,35-21-8-5-9-22-35)36-23-16-18-33(32-36)49-41-28-13-14-29-42(41)50-40-27-12-11-26-39(40)48-46(49)50/h4-32,53H,52H2,1-3H3/i1D3,2D3,52D2,53D. The second-order valence-electron chi connectivity index (χ2n) is 13.9. The minimum Gasteiger partial charge on any atom is -0.457 e. The third-order valence-corrected chi connectivity index (χ3v) is 20.0. The maximum atomic E-state index is 10.1. The Labute approximate surface area is 332 Å². The van der Waals surface area contributed by atoms with Gasteiger partial charge in [-0.3, -0.25) is 8.97 Å². The van der Waals surface area contributed by atoms with Crippen LogP contribution in [-0.2, 0) is 4.66 Å².